The zero-order valence-electron chi connectivity index (χ0n) is 7.28. The number of aromatic carboxylic acids is 1. The predicted molar refractivity (Wildman–Crippen MR) is 47.7 cm³/mol. The number of fused-ring (bicyclic) bond motifs is 1. The Morgan fingerprint density at radius 1 is 1.29 bits per heavy atom. The first kappa shape index (κ1) is 8.74. The molecule has 0 bridgehead atoms. The molecule has 0 fully saturated rings. The van der Waals surface area contributed by atoms with Crippen molar-refractivity contribution >= 4 is 11.8 Å². The third kappa shape index (κ3) is 1.16. The van der Waals surface area contributed by atoms with Crippen molar-refractivity contribution in [2.45, 2.75) is 12.8 Å². The Labute approximate surface area is 79.8 Å². The average molecular weight is 192 g/mol. The lowest BCUT2D eigenvalue weighted by molar-refractivity contribution is 0.0693. The van der Waals surface area contributed by atoms with E-state index in [-0.39, 0.29) is 17.1 Å². The number of carboxylic acids is 1. The lowest BCUT2D eigenvalue weighted by atomic mass is 10.1. The maximum atomic E-state index is 11.2. The van der Waals surface area contributed by atoms with Gasteiger partial charge >= 0.3 is 5.97 Å². The van der Waals surface area contributed by atoms with E-state index < -0.39 is 5.97 Å². The van der Waals surface area contributed by atoms with Crippen LogP contribution in [0.5, 0.6) is 5.75 Å². The summed E-state index contributed by atoms with van der Waals surface area (Å²) in [6.07, 6.45) is 0.965. The molecule has 1 aliphatic rings. The summed E-state index contributed by atoms with van der Waals surface area (Å²) in [7, 11) is 0. The second kappa shape index (κ2) is 2.83. The molecule has 4 nitrogen and oxygen atoms in total. The number of hydrogen-bond acceptors (Lipinski definition) is 3. The highest BCUT2D eigenvalue weighted by Gasteiger charge is 2.23. The topological polar surface area (TPSA) is 74.6 Å². The molecular weight excluding hydrogens is 184 g/mol. The lowest BCUT2D eigenvalue weighted by Crippen LogP contribution is -1.99. The van der Waals surface area contributed by atoms with Gasteiger partial charge in [-0.05, 0) is 24.1 Å². The van der Waals surface area contributed by atoms with Crippen LogP contribution < -0.4 is 0 Å². The van der Waals surface area contributed by atoms with Gasteiger partial charge in [0, 0.05) is 12.0 Å². The van der Waals surface area contributed by atoms with Gasteiger partial charge in [0.15, 0.2) is 5.78 Å². The average Bonchev–Trinajstić information content (AvgIpc) is 2.46. The first-order valence-electron chi connectivity index (χ1n) is 4.22. The largest absolute Gasteiger partial charge is 0.507 e. The number of ketones is 1. The van der Waals surface area contributed by atoms with Gasteiger partial charge in [0.2, 0.25) is 0 Å². The maximum Gasteiger partial charge on any atom is 0.339 e. The molecule has 14 heavy (non-hydrogen) atoms. The van der Waals surface area contributed by atoms with Crippen LogP contribution in [0.4, 0.5) is 0 Å². The van der Waals surface area contributed by atoms with E-state index in [9.17, 15) is 14.7 Å². The number of carboxylic acid groups (broad SMARTS) is 1. The van der Waals surface area contributed by atoms with Crippen LogP contribution in [0.1, 0.15) is 32.7 Å². The van der Waals surface area contributed by atoms with Crippen molar-refractivity contribution in [1.29, 1.82) is 0 Å². The Hall–Kier alpha value is -1.84. The van der Waals surface area contributed by atoms with Crippen LogP contribution in [0, 0.1) is 0 Å². The van der Waals surface area contributed by atoms with Crippen molar-refractivity contribution in [2.24, 2.45) is 0 Å². The van der Waals surface area contributed by atoms with Crippen molar-refractivity contribution in [3.8, 4) is 5.75 Å². The van der Waals surface area contributed by atoms with Crippen LogP contribution in [-0.2, 0) is 6.42 Å². The minimum Gasteiger partial charge on any atom is -0.507 e. The second-order valence-corrected chi connectivity index (χ2v) is 3.25. The molecule has 1 aromatic rings. The zero-order chi connectivity index (χ0) is 10.3. The number of aryl methyl sites for hydroxylation is 1. The van der Waals surface area contributed by atoms with Crippen molar-refractivity contribution < 1.29 is 19.8 Å². The van der Waals surface area contributed by atoms with Gasteiger partial charge in [0.05, 0.1) is 0 Å². The highest BCUT2D eigenvalue weighted by molar-refractivity contribution is 6.02. The molecule has 0 unspecified atom stereocenters. The minimum atomic E-state index is -1.18. The molecule has 0 spiro atoms. The smallest absolute Gasteiger partial charge is 0.339 e. The highest BCUT2D eigenvalue weighted by Crippen LogP contribution is 2.28. The van der Waals surface area contributed by atoms with Crippen molar-refractivity contribution in [3.05, 3.63) is 28.8 Å². The Kier molecular flexibility index (Phi) is 1.77. The first-order chi connectivity index (χ1) is 6.59. The molecule has 0 saturated carbocycles. The number of carbonyl (C=O) groups is 2. The van der Waals surface area contributed by atoms with Gasteiger partial charge in [-0.3, -0.25) is 4.79 Å². The summed E-state index contributed by atoms with van der Waals surface area (Å²) in [5, 5.41) is 18.0. The fourth-order valence-corrected chi connectivity index (χ4v) is 1.65. The van der Waals surface area contributed by atoms with Gasteiger partial charge in [-0.25, -0.2) is 4.79 Å². The van der Waals surface area contributed by atoms with Crippen LogP contribution in [-0.4, -0.2) is 22.0 Å². The number of carbonyl (C=O) groups excluding carboxylic acids is 1. The number of aromatic hydroxyl groups is 1. The Morgan fingerprint density at radius 2 is 2.00 bits per heavy atom. The molecule has 0 aliphatic heterocycles. The molecule has 1 aromatic carbocycles. The number of hydrogen-bond donors (Lipinski definition) is 2. The third-order valence-electron chi connectivity index (χ3n) is 2.37. The minimum absolute atomic E-state index is 0.0350. The van der Waals surface area contributed by atoms with E-state index in [4.69, 9.17) is 5.11 Å². The van der Waals surface area contributed by atoms with Crippen LogP contribution in [0.2, 0.25) is 0 Å². The van der Waals surface area contributed by atoms with Crippen LogP contribution in [0.25, 0.3) is 0 Å². The molecule has 1 aliphatic carbocycles. The third-order valence-corrected chi connectivity index (χ3v) is 2.37. The van der Waals surface area contributed by atoms with E-state index >= 15 is 0 Å². The van der Waals surface area contributed by atoms with E-state index in [1.807, 2.05) is 0 Å². The second-order valence-electron chi connectivity index (χ2n) is 3.25. The van der Waals surface area contributed by atoms with Gasteiger partial charge < -0.3 is 10.2 Å². The van der Waals surface area contributed by atoms with Gasteiger partial charge in [0.1, 0.15) is 11.3 Å². The molecule has 0 aromatic heterocycles. The van der Waals surface area contributed by atoms with Gasteiger partial charge in [-0.15, -0.1) is 0 Å². The number of phenols is 1. The molecular formula is C10H8O4. The van der Waals surface area contributed by atoms with Crippen molar-refractivity contribution in [2.75, 3.05) is 0 Å². The summed E-state index contributed by atoms with van der Waals surface area (Å²) in [5.74, 6) is -1.55. The summed E-state index contributed by atoms with van der Waals surface area (Å²) >= 11 is 0. The summed E-state index contributed by atoms with van der Waals surface area (Å²) in [6.45, 7) is 0. The van der Waals surface area contributed by atoms with Crippen LogP contribution in [0.15, 0.2) is 12.1 Å². The molecule has 2 N–H and O–H groups in total. The number of Topliss-reactive ketones (excluding diaryl/α,β-unsaturated/α-hetero) is 1. The molecule has 72 valence electrons. The SMILES string of the molecule is O=C(O)c1cc2c(cc1O)C(=O)CC2. The summed E-state index contributed by atoms with van der Waals surface area (Å²) in [4.78, 5) is 21.9. The number of benzene rings is 1. The number of rotatable bonds is 1. The molecule has 0 atom stereocenters. The normalized spacial score (nSPS) is 14.1. The van der Waals surface area contributed by atoms with E-state index in [1.165, 1.54) is 12.1 Å². The predicted octanol–water partition coefficient (Wildman–Crippen LogP) is 1.22. The molecule has 0 amide bonds. The van der Waals surface area contributed by atoms with E-state index in [0.29, 0.717) is 24.0 Å². The quantitative estimate of drug-likeness (QED) is 0.701. The maximum absolute atomic E-state index is 11.2. The Morgan fingerprint density at radius 3 is 2.64 bits per heavy atom. The van der Waals surface area contributed by atoms with Gasteiger partial charge in [-0.1, -0.05) is 0 Å². The molecule has 0 saturated heterocycles. The van der Waals surface area contributed by atoms with Crippen LogP contribution >= 0.6 is 0 Å². The lowest BCUT2D eigenvalue weighted by Gasteiger charge is -2.02. The van der Waals surface area contributed by atoms with E-state index in [0.717, 1.165) is 0 Å². The fraction of sp³-hybridized carbons (Fsp3) is 0.200. The fourth-order valence-electron chi connectivity index (χ4n) is 1.65. The monoisotopic (exact) mass is 192 g/mol. The van der Waals surface area contributed by atoms with Crippen LogP contribution in [0.3, 0.4) is 0 Å². The Balaban J connectivity index is 2.61. The molecule has 0 radical (unpaired) electrons. The van der Waals surface area contributed by atoms with Crippen molar-refractivity contribution in [3.63, 3.8) is 0 Å². The van der Waals surface area contributed by atoms with Gasteiger partial charge in [-0.2, -0.15) is 0 Å². The summed E-state index contributed by atoms with van der Waals surface area (Å²) in [6, 6.07) is 2.62. The standard InChI is InChI=1S/C10H8O4/c11-8-2-1-5-3-7(10(13)14)9(12)4-6(5)8/h3-4,12H,1-2H2,(H,13,14). The van der Waals surface area contributed by atoms with E-state index in [2.05, 4.69) is 0 Å². The van der Waals surface area contributed by atoms with Crippen molar-refractivity contribution in [1.82, 2.24) is 0 Å². The molecule has 4 heteroatoms. The van der Waals surface area contributed by atoms with Gasteiger partial charge in [0.25, 0.3) is 0 Å². The molecule has 0 heterocycles. The molecule has 2 rings (SSSR count). The summed E-state index contributed by atoms with van der Waals surface area (Å²) < 4.78 is 0. The summed E-state index contributed by atoms with van der Waals surface area (Å²) in [5.41, 5.74) is 1.02. The van der Waals surface area contributed by atoms with E-state index in [1.54, 1.807) is 0 Å². The zero-order valence-corrected chi connectivity index (χ0v) is 7.28. The Bertz CT molecular complexity index is 434. The first-order valence-corrected chi connectivity index (χ1v) is 4.22. The highest BCUT2D eigenvalue weighted by atomic mass is 16.4.